The number of amides is 2. The Morgan fingerprint density at radius 3 is 1.77 bits per heavy atom. The summed E-state index contributed by atoms with van der Waals surface area (Å²) in [4.78, 5) is 40.6. The maximum absolute atomic E-state index is 13.8. The second-order valence-electron chi connectivity index (χ2n) is 15.9. The van der Waals surface area contributed by atoms with Crippen LogP contribution < -0.4 is 19.5 Å². The number of hydrogen-bond donors (Lipinski definition) is 1. The molecule has 2 atom stereocenters. The lowest BCUT2D eigenvalue weighted by Gasteiger charge is -2.22. The van der Waals surface area contributed by atoms with Crippen molar-refractivity contribution in [3.05, 3.63) is 119 Å². The minimum absolute atomic E-state index is 0.0304. The van der Waals surface area contributed by atoms with Gasteiger partial charge in [0.25, 0.3) is 11.8 Å². The van der Waals surface area contributed by atoms with E-state index in [0.29, 0.717) is 65.8 Å². The number of rotatable bonds is 10. The molecule has 1 N–H and O–H groups in total. The monoisotopic (exact) mass is 749 g/mol. The zero-order valence-corrected chi connectivity index (χ0v) is 32.8. The Labute approximate surface area is 328 Å². The molecule has 56 heavy (non-hydrogen) atoms. The molecule has 0 spiro atoms. The molecule has 2 amide bonds. The third kappa shape index (κ3) is 7.43. The second-order valence-corrected chi connectivity index (χ2v) is 15.9. The normalized spacial score (nSPS) is 18.3. The first kappa shape index (κ1) is 36.8. The molecule has 10 heteroatoms. The summed E-state index contributed by atoms with van der Waals surface area (Å²) in [6.07, 6.45) is 9.59. The molecule has 4 aliphatic heterocycles. The number of aliphatic imine (C=N–C) groups is 2. The van der Waals surface area contributed by atoms with Crippen LogP contribution in [-0.2, 0) is 0 Å². The van der Waals surface area contributed by atoms with Crippen LogP contribution in [0.1, 0.15) is 83.0 Å². The Morgan fingerprint density at radius 1 is 0.696 bits per heavy atom. The zero-order valence-electron chi connectivity index (χ0n) is 32.8. The Bertz CT molecular complexity index is 2320. The number of hydrogen-bond acceptors (Lipinski definition) is 8. The Morgan fingerprint density at radius 2 is 1.21 bits per heavy atom. The Balaban J connectivity index is 0.887. The maximum Gasteiger partial charge on any atom is 0.260 e. The van der Waals surface area contributed by atoms with Crippen molar-refractivity contribution < 1.29 is 23.8 Å². The number of anilines is 1. The highest BCUT2D eigenvalue weighted by Gasteiger charge is 2.35. The fourth-order valence-corrected chi connectivity index (χ4v) is 7.55. The molecule has 0 unspecified atom stereocenters. The van der Waals surface area contributed by atoms with Crippen LogP contribution >= 0.6 is 0 Å². The van der Waals surface area contributed by atoms with Gasteiger partial charge < -0.3 is 29.3 Å². The first-order chi connectivity index (χ1) is 26.9. The van der Waals surface area contributed by atoms with E-state index in [9.17, 15) is 9.59 Å². The van der Waals surface area contributed by atoms with Gasteiger partial charge in [-0.1, -0.05) is 42.0 Å². The summed E-state index contributed by atoms with van der Waals surface area (Å²) in [5, 5.41) is 3.49. The lowest BCUT2D eigenvalue weighted by atomic mass is 10.0. The van der Waals surface area contributed by atoms with E-state index < -0.39 is 0 Å². The summed E-state index contributed by atoms with van der Waals surface area (Å²) < 4.78 is 18.0. The fraction of sp³-hybridized carbons (Fsp3) is 0.304. The average molecular weight is 750 g/mol. The van der Waals surface area contributed by atoms with Crippen molar-refractivity contribution >= 4 is 52.5 Å². The van der Waals surface area contributed by atoms with Crippen molar-refractivity contribution in [2.45, 2.75) is 71.5 Å². The number of aryl methyl sites for hydroxylation is 2. The van der Waals surface area contributed by atoms with E-state index in [0.717, 1.165) is 39.9 Å². The molecule has 0 fully saturated rings. The Hall–Kier alpha value is -6.16. The summed E-state index contributed by atoms with van der Waals surface area (Å²) in [7, 11) is 1.56. The number of fused-ring (bicyclic) bond motifs is 4. The standard InChI is InChI=1S/C46H47N5O5/c1-28-8-10-30(11-9-28)32-19-35-24-47-39-22-41(29(2)18-37(39)44(52)50(35)26-32)55-16-7-17-56-43-23-40-38(21-42(43)54-6)45(53)51-27-33(20-36(51)25-48-40)31-12-14-34(15-13-31)49-46(3,4)5/h8-15,18,21-27,35-36,49H,7,16-17,19-20H2,1-6H3/t35-,36+/m1/s1. The van der Waals surface area contributed by atoms with Crippen LogP contribution in [0.25, 0.3) is 11.1 Å². The lowest BCUT2D eigenvalue weighted by molar-refractivity contribution is 0.0809. The molecule has 4 heterocycles. The third-order valence-electron chi connectivity index (χ3n) is 10.4. The molecular weight excluding hydrogens is 703 g/mol. The maximum atomic E-state index is 13.8. The summed E-state index contributed by atoms with van der Waals surface area (Å²) in [6.45, 7) is 11.1. The van der Waals surface area contributed by atoms with E-state index in [4.69, 9.17) is 24.2 Å². The van der Waals surface area contributed by atoms with Crippen LogP contribution in [-0.4, -0.2) is 72.0 Å². The number of nitrogens with one attached hydrogen (secondary N) is 1. The number of nitrogens with zero attached hydrogens (tertiary/aromatic N) is 4. The van der Waals surface area contributed by atoms with Gasteiger partial charge in [-0.25, -0.2) is 0 Å². The van der Waals surface area contributed by atoms with Gasteiger partial charge in [0.1, 0.15) is 5.75 Å². The van der Waals surface area contributed by atoms with Gasteiger partial charge in [0, 0.05) is 67.5 Å². The van der Waals surface area contributed by atoms with Crippen molar-refractivity contribution in [2.75, 3.05) is 25.6 Å². The molecule has 4 aromatic rings. The lowest BCUT2D eigenvalue weighted by Crippen LogP contribution is -2.32. The van der Waals surface area contributed by atoms with Crippen LogP contribution in [0.3, 0.4) is 0 Å². The second kappa shape index (κ2) is 14.8. The molecule has 0 aliphatic carbocycles. The molecule has 10 nitrogen and oxygen atoms in total. The highest BCUT2D eigenvalue weighted by atomic mass is 16.5. The van der Waals surface area contributed by atoms with Gasteiger partial charge in [0.05, 0.1) is 54.9 Å². The highest BCUT2D eigenvalue weighted by molar-refractivity contribution is 6.06. The molecule has 0 saturated carbocycles. The van der Waals surface area contributed by atoms with E-state index in [2.05, 4.69) is 81.5 Å². The largest absolute Gasteiger partial charge is 0.493 e. The number of methoxy groups -OCH3 is 1. The van der Waals surface area contributed by atoms with Crippen LogP contribution in [0.2, 0.25) is 0 Å². The molecule has 4 aromatic carbocycles. The van der Waals surface area contributed by atoms with Crippen molar-refractivity contribution in [1.82, 2.24) is 9.80 Å². The zero-order chi connectivity index (χ0) is 39.1. The summed E-state index contributed by atoms with van der Waals surface area (Å²) in [6, 6.07) is 23.6. The van der Waals surface area contributed by atoms with Crippen molar-refractivity contribution in [3.8, 4) is 17.2 Å². The molecule has 0 aromatic heterocycles. The van der Waals surface area contributed by atoms with E-state index in [1.54, 1.807) is 29.0 Å². The first-order valence-corrected chi connectivity index (χ1v) is 19.2. The fourth-order valence-electron chi connectivity index (χ4n) is 7.55. The highest BCUT2D eigenvalue weighted by Crippen LogP contribution is 2.41. The molecular formula is C46H47N5O5. The number of carbonyl (C=O) groups excluding carboxylic acids is 2. The van der Waals surface area contributed by atoms with Crippen LogP contribution in [0.4, 0.5) is 17.1 Å². The predicted octanol–water partition coefficient (Wildman–Crippen LogP) is 9.31. The number of carbonyl (C=O) groups is 2. The van der Waals surface area contributed by atoms with Gasteiger partial charge in [-0.05, 0) is 86.7 Å². The van der Waals surface area contributed by atoms with Crippen LogP contribution in [0.5, 0.6) is 17.2 Å². The van der Waals surface area contributed by atoms with Gasteiger partial charge in [0.15, 0.2) is 11.5 Å². The number of benzene rings is 4. The van der Waals surface area contributed by atoms with Gasteiger partial charge in [-0.15, -0.1) is 0 Å². The number of ether oxygens (including phenoxy) is 3. The summed E-state index contributed by atoms with van der Waals surface area (Å²) in [5.74, 6) is 1.45. The molecule has 8 rings (SSSR count). The molecule has 0 bridgehead atoms. The van der Waals surface area contributed by atoms with E-state index in [1.165, 1.54) is 5.56 Å². The third-order valence-corrected chi connectivity index (χ3v) is 10.4. The SMILES string of the molecule is COc1cc2c(cc1OCCCOc1cc3c(cc1C)C(=O)N1C=C(c4ccc(C)cc4)C[C@@H]1C=N3)N=C[C@@H]1CC(c3ccc(NC(C)(C)C)cc3)=CN1C2=O. The topological polar surface area (TPSA) is 105 Å². The van der Waals surface area contributed by atoms with Crippen LogP contribution in [0.15, 0.2) is 95.2 Å². The predicted molar refractivity (Wildman–Crippen MR) is 222 cm³/mol. The average Bonchev–Trinajstić information content (AvgIpc) is 3.75. The first-order valence-electron chi connectivity index (χ1n) is 19.2. The van der Waals surface area contributed by atoms with Crippen LogP contribution in [0, 0.1) is 13.8 Å². The van der Waals surface area contributed by atoms with E-state index in [1.807, 2.05) is 43.9 Å². The Kier molecular flexibility index (Phi) is 9.74. The summed E-state index contributed by atoms with van der Waals surface area (Å²) in [5.41, 5.74) is 9.67. The van der Waals surface area contributed by atoms with Gasteiger partial charge in [-0.2, -0.15) is 0 Å². The van der Waals surface area contributed by atoms with Crippen molar-refractivity contribution in [3.63, 3.8) is 0 Å². The van der Waals surface area contributed by atoms with Crippen molar-refractivity contribution in [2.24, 2.45) is 9.98 Å². The quantitative estimate of drug-likeness (QED) is 0.162. The minimum atomic E-state index is -0.184. The minimum Gasteiger partial charge on any atom is -0.493 e. The molecule has 0 saturated heterocycles. The van der Waals surface area contributed by atoms with Crippen molar-refractivity contribution in [1.29, 1.82) is 0 Å². The van der Waals surface area contributed by atoms with E-state index in [-0.39, 0.29) is 29.4 Å². The van der Waals surface area contributed by atoms with Gasteiger partial charge >= 0.3 is 0 Å². The molecule has 286 valence electrons. The summed E-state index contributed by atoms with van der Waals surface area (Å²) >= 11 is 0. The molecule has 0 radical (unpaired) electrons. The van der Waals surface area contributed by atoms with Gasteiger partial charge in [-0.3, -0.25) is 19.6 Å². The molecule has 4 aliphatic rings. The smallest absolute Gasteiger partial charge is 0.260 e. The van der Waals surface area contributed by atoms with E-state index >= 15 is 0 Å². The van der Waals surface area contributed by atoms with Gasteiger partial charge in [0.2, 0.25) is 0 Å².